The molecule has 4 aromatic carbocycles. The molecule has 0 amide bonds. The zero-order chi connectivity index (χ0) is 21.5. The fraction of sp³-hybridized carbons (Fsp3) is 0.107. The molecule has 0 aromatic heterocycles. The van der Waals surface area contributed by atoms with Crippen LogP contribution < -0.4 is 9.47 Å². The summed E-state index contributed by atoms with van der Waals surface area (Å²) >= 11 is 0. The van der Waals surface area contributed by atoms with Gasteiger partial charge >= 0.3 is 5.97 Å². The van der Waals surface area contributed by atoms with Crippen molar-refractivity contribution in [3.8, 4) is 11.5 Å². The van der Waals surface area contributed by atoms with E-state index in [9.17, 15) is 4.79 Å². The SMILES string of the molecule is Cc1ccc(OC(=O)c2ccccc2)c(Cc2cccc(OCc3ccccc3)c2)c1. The number of ether oxygens (including phenoxy) is 2. The van der Waals surface area contributed by atoms with Crippen molar-refractivity contribution < 1.29 is 14.3 Å². The van der Waals surface area contributed by atoms with Gasteiger partial charge in [-0.2, -0.15) is 0 Å². The van der Waals surface area contributed by atoms with Crippen molar-refractivity contribution in [2.24, 2.45) is 0 Å². The van der Waals surface area contributed by atoms with E-state index >= 15 is 0 Å². The summed E-state index contributed by atoms with van der Waals surface area (Å²) < 4.78 is 11.7. The minimum absolute atomic E-state index is 0.356. The molecular weight excluding hydrogens is 384 g/mol. The summed E-state index contributed by atoms with van der Waals surface area (Å²) in [5, 5.41) is 0. The minimum atomic E-state index is -0.356. The van der Waals surface area contributed by atoms with Crippen LogP contribution in [0, 0.1) is 6.92 Å². The molecule has 0 aliphatic heterocycles. The Morgan fingerprint density at radius 2 is 1.45 bits per heavy atom. The van der Waals surface area contributed by atoms with Gasteiger partial charge in [0.05, 0.1) is 5.56 Å². The summed E-state index contributed by atoms with van der Waals surface area (Å²) in [6.45, 7) is 2.56. The maximum atomic E-state index is 12.5. The standard InChI is InChI=1S/C28H24O3/c1-21-15-16-27(31-28(29)24-12-6-3-7-13-24)25(17-21)18-23-11-8-14-26(19-23)30-20-22-9-4-2-5-10-22/h2-17,19H,18,20H2,1H3. The fourth-order valence-electron chi connectivity index (χ4n) is 3.39. The number of benzene rings is 4. The number of aryl methyl sites for hydroxylation is 1. The van der Waals surface area contributed by atoms with Crippen molar-refractivity contribution in [1.29, 1.82) is 0 Å². The molecule has 0 saturated heterocycles. The third kappa shape index (κ3) is 5.61. The molecule has 3 nitrogen and oxygen atoms in total. The van der Waals surface area contributed by atoms with Gasteiger partial charge in [0, 0.05) is 6.42 Å². The van der Waals surface area contributed by atoms with Crippen molar-refractivity contribution in [1.82, 2.24) is 0 Å². The van der Waals surface area contributed by atoms with E-state index in [1.165, 1.54) is 0 Å². The Morgan fingerprint density at radius 1 is 0.742 bits per heavy atom. The molecule has 0 fully saturated rings. The van der Waals surface area contributed by atoms with E-state index in [2.05, 4.69) is 12.1 Å². The van der Waals surface area contributed by atoms with Crippen molar-refractivity contribution in [3.63, 3.8) is 0 Å². The zero-order valence-electron chi connectivity index (χ0n) is 17.5. The highest BCUT2D eigenvalue weighted by molar-refractivity contribution is 5.91. The molecule has 31 heavy (non-hydrogen) atoms. The first kappa shape index (κ1) is 20.4. The number of hydrogen-bond donors (Lipinski definition) is 0. The van der Waals surface area contributed by atoms with E-state index in [-0.39, 0.29) is 5.97 Å². The maximum Gasteiger partial charge on any atom is 0.343 e. The molecule has 0 bridgehead atoms. The first-order valence-corrected chi connectivity index (χ1v) is 10.3. The summed E-state index contributed by atoms with van der Waals surface area (Å²) in [4.78, 5) is 12.5. The highest BCUT2D eigenvalue weighted by Gasteiger charge is 2.12. The Kier molecular flexibility index (Phi) is 6.44. The Labute approximate surface area is 182 Å². The van der Waals surface area contributed by atoms with Gasteiger partial charge in [-0.25, -0.2) is 4.79 Å². The quantitative estimate of drug-likeness (QED) is 0.263. The lowest BCUT2D eigenvalue weighted by atomic mass is 10.0. The summed E-state index contributed by atoms with van der Waals surface area (Å²) in [6, 6.07) is 33.0. The molecule has 4 rings (SSSR count). The third-order valence-corrected chi connectivity index (χ3v) is 4.97. The number of rotatable bonds is 7. The van der Waals surface area contributed by atoms with Gasteiger partial charge in [-0.05, 0) is 53.9 Å². The maximum absolute atomic E-state index is 12.5. The number of esters is 1. The minimum Gasteiger partial charge on any atom is -0.489 e. The van der Waals surface area contributed by atoms with Crippen LogP contribution in [0.4, 0.5) is 0 Å². The molecule has 0 atom stereocenters. The van der Waals surface area contributed by atoms with Crippen molar-refractivity contribution in [3.05, 3.63) is 131 Å². The highest BCUT2D eigenvalue weighted by Crippen LogP contribution is 2.26. The van der Waals surface area contributed by atoms with E-state index in [1.54, 1.807) is 12.1 Å². The predicted molar refractivity (Wildman–Crippen MR) is 123 cm³/mol. The van der Waals surface area contributed by atoms with E-state index in [4.69, 9.17) is 9.47 Å². The monoisotopic (exact) mass is 408 g/mol. The lowest BCUT2D eigenvalue weighted by Crippen LogP contribution is -2.10. The average Bonchev–Trinajstić information content (AvgIpc) is 2.81. The normalized spacial score (nSPS) is 10.5. The van der Waals surface area contributed by atoms with Crippen molar-refractivity contribution >= 4 is 5.97 Å². The van der Waals surface area contributed by atoms with Crippen LogP contribution in [0.1, 0.15) is 32.6 Å². The molecule has 0 N–H and O–H groups in total. The lowest BCUT2D eigenvalue weighted by molar-refractivity contribution is 0.0733. The number of carbonyl (C=O) groups is 1. The van der Waals surface area contributed by atoms with Gasteiger partial charge in [-0.3, -0.25) is 0 Å². The molecule has 0 heterocycles. The van der Waals surface area contributed by atoms with Crippen LogP contribution >= 0.6 is 0 Å². The second-order valence-corrected chi connectivity index (χ2v) is 7.47. The van der Waals surface area contributed by atoms with E-state index in [1.807, 2.05) is 85.8 Å². The first-order valence-electron chi connectivity index (χ1n) is 10.3. The van der Waals surface area contributed by atoms with Crippen LogP contribution in [-0.4, -0.2) is 5.97 Å². The van der Waals surface area contributed by atoms with Gasteiger partial charge in [-0.1, -0.05) is 78.4 Å². The van der Waals surface area contributed by atoms with Crippen LogP contribution in [0.2, 0.25) is 0 Å². The smallest absolute Gasteiger partial charge is 0.343 e. The highest BCUT2D eigenvalue weighted by atomic mass is 16.5. The van der Waals surface area contributed by atoms with Gasteiger partial charge in [0.25, 0.3) is 0 Å². The number of hydrogen-bond acceptors (Lipinski definition) is 3. The Hall–Kier alpha value is -3.85. The number of carbonyl (C=O) groups excluding carboxylic acids is 1. The Bertz CT molecular complexity index is 1150. The van der Waals surface area contributed by atoms with Crippen LogP contribution in [-0.2, 0) is 13.0 Å². The van der Waals surface area contributed by atoms with E-state index < -0.39 is 0 Å². The third-order valence-electron chi connectivity index (χ3n) is 4.97. The second kappa shape index (κ2) is 9.77. The van der Waals surface area contributed by atoms with Crippen LogP contribution in [0.25, 0.3) is 0 Å². The van der Waals surface area contributed by atoms with E-state index in [0.717, 1.165) is 28.0 Å². The van der Waals surface area contributed by atoms with Crippen molar-refractivity contribution in [2.75, 3.05) is 0 Å². The molecule has 154 valence electrons. The zero-order valence-corrected chi connectivity index (χ0v) is 17.5. The lowest BCUT2D eigenvalue weighted by Gasteiger charge is -2.13. The van der Waals surface area contributed by atoms with Gasteiger partial charge in [0.1, 0.15) is 18.1 Å². The molecule has 4 aromatic rings. The molecular formula is C28H24O3. The molecule has 0 aliphatic carbocycles. The summed E-state index contributed by atoms with van der Waals surface area (Å²) in [5.41, 5.74) is 4.83. The molecule has 0 saturated carbocycles. The Balaban J connectivity index is 1.50. The van der Waals surface area contributed by atoms with Gasteiger partial charge in [0.2, 0.25) is 0 Å². The molecule has 3 heteroatoms. The van der Waals surface area contributed by atoms with Crippen molar-refractivity contribution in [2.45, 2.75) is 20.0 Å². The fourth-order valence-corrected chi connectivity index (χ4v) is 3.39. The predicted octanol–water partition coefficient (Wildman–Crippen LogP) is 6.38. The topological polar surface area (TPSA) is 35.5 Å². The first-order chi connectivity index (χ1) is 15.2. The largest absolute Gasteiger partial charge is 0.489 e. The van der Waals surface area contributed by atoms with Gasteiger partial charge in [0.15, 0.2) is 0 Å². The van der Waals surface area contributed by atoms with E-state index in [0.29, 0.717) is 24.3 Å². The molecule has 0 aliphatic rings. The van der Waals surface area contributed by atoms with Crippen LogP contribution in [0.5, 0.6) is 11.5 Å². The summed E-state index contributed by atoms with van der Waals surface area (Å²) in [6.07, 6.45) is 0.640. The van der Waals surface area contributed by atoms with Crippen LogP contribution in [0.15, 0.2) is 103 Å². The average molecular weight is 408 g/mol. The van der Waals surface area contributed by atoms with Gasteiger partial charge < -0.3 is 9.47 Å². The second-order valence-electron chi connectivity index (χ2n) is 7.47. The Morgan fingerprint density at radius 3 is 2.23 bits per heavy atom. The molecule has 0 radical (unpaired) electrons. The van der Waals surface area contributed by atoms with Gasteiger partial charge in [-0.15, -0.1) is 0 Å². The summed E-state index contributed by atoms with van der Waals surface area (Å²) in [7, 11) is 0. The summed E-state index contributed by atoms with van der Waals surface area (Å²) in [5.74, 6) is 1.04. The molecule has 0 unspecified atom stereocenters. The van der Waals surface area contributed by atoms with Crippen LogP contribution in [0.3, 0.4) is 0 Å². The molecule has 0 spiro atoms.